The lowest BCUT2D eigenvalue weighted by atomic mass is 10.1. The molecule has 3 amide bonds. The molecule has 0 spiro atoms. The molecule has 3 aromatic carbocycles. The summed E-state index contributed by atoms with van der Waals surface area (Å²) in [5, 5.41) is 0. The zero-order chi connectivity index (χ0) is 28.1. The number of rotatable bonds is 9. The smallest absolute Gasteiger partial charge is 0.335 e. The van der Waals surface area contributed by atoms with E-state index in [-0.39, 0.29) is 24.4 Å². The highest BCUT2D eigenvalue weighted by Crippen LogP contribution is 2.37. The van der Waals surface area contributed by atoms with Crippen LogP contribution < -0.4 is 25.2 Å². The van der Waals surface area contributed by atoms with Crippen molar-refractivity contribution in [3.05, 3.63) is 96.7 Å². The summed E-state index contributed by atoms with van der Waals surface area (Å²) in [6.07, 6.45) is 4.16. The van der Waals surface area contributed by atoms with E-state index in [4.69, 9.17) is 15.5 Å². The second kappa shape index (κ2) is 12.2. The van der Waals surface area contributed by atoms with Crippen LogP contribution in [0.15, 0.2) is 91.1 Å². The maximum Gasteiger partial charge on any atom is 0.335 e. The Bertz CT molecular complexity index is 1470. The highest BCUT2D eigenvalue weighted by atomic mass is 32.2. The van der Waals surface area contributed by atoms with Crippen LogP contribution in [0.2, 0.25) is 0 Å². The first-order chi connectivity index (χ1) is 19.5. The van der Waals surface area contributed by atoms with Crippen LogP contribution in [-0.4, -0.2) is 47.1 Å². The number of hydrogen-bond donors (Lipinski definition) is 1. The fourth-order valence-electron chi connectivity index (χ4n) is 4.48. The van der Waals surface area contributed by atoms with E-state index >= 15 is 0 Å². The topological polar surface area (TPSA) is 105 Å². The molecule has 0 aliphatic carbocycles. The molecular formula is C30H30N6O3S. The van der Waals surface area contributed by atoms with Gasteiger partial charge in [-0.1, -0.05) is 36.4 Å². The second-order valence-electron chi connectivity index (χ2n) is 9.15. The Kier molecular flexibility index (Phi) is 8.28. The van der Waals surface area contributed by atoms with Gasteiger partial charge < -0.3 is 10.5 Å². The lowest BCUT2D eigenvalue weighted by molar-refractivity contribution is -0.119. The molecule has 40 heavy (non-hydrogen) atoms. The third-order valence-corrected chi connectivity index (χ3v) is 7.22. The zero-order valence-corrected chi connectivity index (χ0v) is 23.1. The molecule has 2 N–H and O–H groups in total. The summed E-state index contributed by atoms with van der Waals surface area (Å²) in [6.45, 7) is 0.261. The summed E-state index contributed by atoms with van der Waals surface area (Å²) < 4.78 is 5.28. The maximum atomic E-state index is 14.0. The van der Waals surface area contributed by atoms with Crippen molar-refractivity contribution in [2.75, 3.05) is 33.8 Å². The summed E-state index contributed by atoms with van der Waals surface area (Å²) in [7, 11) is 1.60. The van der Waals surface area contributed by atoms with Crippen molar-refractivity contribution in [1.29, 1.82) is 0 Å². The monoisotopic (exact) mass is 554 g/mol. The van der Waals surface area contributed by atoms with Gasteiger partial charge in [0.15, 0.2) is 5.82 Å². The van der Waals surface area contributed by atoms with E-state index in [2.05, 4.69) is 4.98 Å². The average Bonchev–Trinajstić information content (AvgIpc) is 3.00. The van der Waals surface area contributed by atoms with E-state index in [1.165, 1.54) is 4.90 Å². The number of aromatic nitrogens is 2. The molecule has 1 atom stereocenters. The van der Waals surface area contributed by atoms with Crippen LogP contribution in [0.25, 0.3) is 0 Å². The van der Waals surface area contributed by atoms with Crippen LogP contribution in [0.3, 0.4) is 0 Å². The van der Waals surface area contributed by atoms with Gasteiger partial charge in [0.25, 0.3) is 5.91 Å². The van der Waals surface area contributed by atoms with Crippen molar-refractivity contribution in [1.82, 2.24) is 9.97 Å². The van der Waals surface area contributed by atoms with Crippen LogP contribution in [-0.2, 0) is 11.3 Å². The molecule has 0 unspecified atom stereocenters. The summed E-state index contributed by atoms with van der Waals surface area (Å²) >= 11 is 1.63. The molecule has 1 aromatic heterocycles. The minimum absolute atomic E-state index is 0.154. The van der Waals surface area contributed by atoms with Gasteiger partial charge in [0.05, 0.1) is 31.1 Å². The van der Waals surface area contributed by atoms with Gasteiger partial charge in [-0.15, -0.1) is 0 Å². The first kappa shape index (κ1) is 27.2. The Hall–Kier alpha value is -4.41. The summed E-state index contributed by atoms with van der Waals surface area (Å²) in [6, 6.07) is 24.8. The quantitative estimate of drug-likeness (QED) is 0.291. The van der Waals surface area contributed by atoms with Crippen molar-refractivity contribution >= 4 is 52.5 Å². The van der Waals surface area contributed by atoms with Gasteiger partial charge in [0.1, 0.15) is 5.75 Å². The number of carbonyl (C=O) groups excluding carboxylic acids is 2. The largest absolute Gasteiger partial charge is 0.497 e. The normalized spacial score (nSPS) is 13.5. The third kappa shape index (κ3) is 5.49. The van der Waals surface area contributed by atoms with E-state index in [1.807, 2.05) is 91.2 Å². The van der Waals surface area contributed by atoms with Gasteiger partial charge in [-0.25, -0.2) is 19.6 Å². The standard InChI is InChI=1S/C30H30N6O3S/c1-39-25-15-13-22(14-16-25)34-20-21-19-32-29(33-27(21)35(30(34)38)23-9-5-3-6-10-23)36(24-11-7-4-8-12-24)28(37)26(31)17-18-40-2/h3-16,19,26H,17-18,20,31H2,1-2H3/t26-/m1/s1. The number of thioether (sulfide) groups is 1. The van der Waals surface area contributed by atoms with Crippen LogP contribution in [0.4, 0.5) is 33.6 Å². The predicted molar refractivity (Wildman–Crippen MR) is 160 cm³/mol. The highest BCUT2D eigenvalue weighted by molar-refractivity contribution is 7.98. The van der Waals surface area contributed by atoms with Crippen molar-refractivity contribution in [2.45, 2.75) is 19.0 Å². The van der Waals surface area contributed by atoms with E-state index in [1.54, 1.807) is 34.9 Å². The van der Waals surface area contributed by atoms with Crippen LogP contribution in [0.1, 0.15) is 12.0 Å². The van der Waals surface area contributed by atoms with Gasteiger partial charge in [0, 0.05) is 17.4 Å². The summed E-state index contributed by atoms with van der Waals surface area (Å²) in [5.41, 5.74) is 9.00. The number of para-hydroxylation sites is 2. The molecule has 4 aromatic rings. The molecule has 0 radical (unpaired) electrons. The third-order valence-electron chi connectivity index (χ3n) is 6.57. The number of carbonyl (C=O) groups is 2. The fraction of sp³-hybridized carbons (Fsp3) is 0.200. The number of benzene rings is 3. The van der Waals surface area contributed by atoms with Gasteiger partial charge >= 0.3 is 6.03 Å². The summed E-state index contributed by atoms with van der Waals surface area (Å²) in [4.78, 5) is 41.7. The van der Waals surface area contributed by atoms with Crippen molar-refractivity contribution in [3.8, 4) is 5.75 Å². The molecule has 0 saturated carbocycles. The van der Waals surface area contributed by atoms with Crippen LogP contribution in [0.5, 0.6) is 5.75 Å². The molecular weight excluding hydrogens is 524 g/mol. The van der Waals surface area contributed by atoms with Crippen molar-refractivity contribution in [3.63, 3.8) is 0 Å². The lowest BCUT2D eigenvalue weighted by Crippen LogP contribution is -2.46. The first-order valence-electron chi connectivity index (χ1n) is 12.8. The van der Waals surface area contributed by atoms with E-state index in [0.29, 0.717) is 35.1 Å². The molecule has 1 aliphatic rings. The number of nitrogens with two attached hydrogens (primary N) is 1. The molecule has 0 saturated heterocycles. The van der Waals surface area contributed by atoms with Gasteiger partial charge in [-0.2, -0.15) is 16.7 Å². The van der Waals surface area contributed by atoms with Crippen molar-refractivity contribution < 1.29 is 14.3 Å². The number of urea groups is 1. The number of anilines is 5. The van der Waals surface area contributed by atoms with Crippen molar-refractivity contribution in [2.24, 2.45) is 5.73 Å². The van der Waals surface area contributed by atoms with Crippen LogP contribution >= 0.6 is 11.8 Å². The predicted octanol–water partition coefficient (Wildman–Crippen LogP) is 5.51. The lowest BCUT2D eigenvalue weighted by Gasteiger charge is -2.36. The Labute approximate surface area is 237 Å². The van der Waals surface area contributed by atoms with Crippen LogP contribution in [0, 0.1) is 0 Å². The molecule has 1 aliphatic heterocycles. The number of methoxy groups -OCH3 is 1. The van der Waals surface area contributed by atoms with Gasteiger partial charge in [-0.05, 0) is 67.0 Å². The number of hydrogen-bond acceptors (Lipinski definition) is 7. The Balaban J connectivity index is 1.60. The molecule has 204 valence electrons. The average molecular weight is 555 g/mol. The number of nitrogens with zero attached hydrogens (tertiary/aromatic N) is 5. The van der Waals surface area contributed by atoms with E-state index in [0.717, 1.165) is 11.3 Å². The molecule has 9 nitrogen and oxygen atoms in total. The number of fused-ring (bicyclic) bond motifs is 1. The highest BCUT2D eigenvalue weighted by Gasteiger charge is 2.36. The maximum absolute atomic E-state index is 14.0. The van der Waals surface area contributed by atoms with E-state index < -0.39 is 6.04 Å². The Morgan fingerprint density at radius 3 is 2.35 bits per heavy atom. The zero-order valence-electron chi connectivity index (χ0n) is 22.3. The SMILES string of the molecule is COc1ccc(N2Cc3cnc(N(C(=O)[C@H](N)CCSC)c4ccccc4)nc3N(c3ccccc3)C2=O)cc1. The minimum atomic E-state index is -0.732. The second-order valence-corrected chi connectivity index (χ2v) is 10.1. The molecule has 5 rings (SSSR count). The molecule has 0 bridgehead atoms. The fourth-order valence-corrected chi connectivity index (χ4v) is 4.97. The summed E-state index contributed by atoms with van der Waals surface area (Å²) in [5.74, 6) is 1.70. The van der Waals surface area contributed by atoms with E-state index in [9.17, 15) is 9.59 Å². The molecule has 2 heterocycles. The van der Waals surface area contributed by atoms with Gasteiger partial charge in [0.2, 0.25) is 5.95 Å². The number of ether oxygens (including phenoxy) is 1. The molecule has 10 heteroatoms. The first-order valence-corrected chi connectivity index (χ1v) is 14.2. The Morgan fingerprint density at radius 1 is 1.02 bits per heavy atom. The van der Waals surface area contributed by atoms with Gasteiger partial charge in [-0.3, -0.25) is 9.69 Å². The number of amides is 3. The molecule has 0 fully saturated rings. The Morgan fingerprint density at radius 2 is 1.70 bits per heavy atom. The minimum Gasteiger partial charge on any atom is -0.497 e.